The molecule has 1 aromatic heterocycles. The van der Waals surface area contributed by atoms with E-state index in [1.54, 1.807) is 36.3 Å². The lowest BCUT2D eigenvalue weighted by atomic mass is 9.99. The van der Waals surface area contributed by atoms with Crippen LogP contribution in [0, 0.1) is 0 Å². The molecule has 2 N–H and O–H groups in total. The lowest BCUT2D eigenvalue weighted by molar-refractivity contribution is 0.0939. The van der Waals surface area contributed by atoms with Gasteiger partial charge in [-0.3, -0.25) is 14.4 Å². The van der Waals surface area contributed by atoms with Crippen molar-refractivity contribution >= 4 is 40.4 Å². The van der Waals surface area contributed by atoms with E-state index >= 15 is 0 Å². The van der Waals surface area contributed by atoms with Gasteiger partial charge in [0.15, 0.2) is 0 Å². The molecule has 0 radical (unpaired) electrons. The van der Waals surface area contributed by atoms with E-state index in [9.17, 15) is 14.4 Å². The Morgan fingerprint density at radius 3 is 2.30 bits per heavy atom. The number of anilines is 2. The first-order valence-electron chi connectivity index (χ1n) is 14.4. The molecule has 0 unspecified atom stereocenters. The van der Waals surface area contributed by atoms with E-state index in [0.29, 0.717) is 47.8 Å². The van der Waals surface area contributed by atoms with Crippen molar-refractivity contribution < 1.29 is 19.1 Å². The average molecular weight is 602 g/mol. The van der Waals surface area contributed by atoms with Crippen molar-refractivity contribution in [2.24, 2.45) is 0 Å². The zero-order chi connectivity index (χ0) is 30.5. The fraction of sp³-hybridized carbons (Fsp3) is 0.139. The second-order valence-electron chi connectivity index (χ2n) is 10.4. The SMILES string of the molecule is COCCNC(=O)c1cc2c(s1)-c1ccccc1N(C(=O)c1ccc(NC(=O)c3ccccc3-c3ccccc3)cc1)CC2. The lowest BCUT2D eigenvalue weighted by Gasteiger charge is -2.23. The van der Waals surface area contributed by atoms with E-state index in [1.165, 1.54) is 11.3 Å². The van der Waals surface area contributed by atoms with Crippen LogP contribution in [0.2, 0.25) is 0 Å². The lowest BCUT2D eigenvalue weighted by Crippen LogP contribution is -2.32. The van der Waals surface area contributed by atoms with Crippen molar-refractivity contribution in [3.05, 3.63) is 131 Å². The van der Waals surface area contributed by atoms with Gasteiger partial charge < -0.3 is 20.3 Å². The van der Waals surface area contributed by atoms with Gasteiger partial charge >= 0.3 is 0 Å². The fourth-order valence-electron chi connectivity index (χ4n) is 5.37. The smallest absolute Gasteiger partial charge is 0.261 e. The predicted octanol–water partition coefficient (Wildman–Crippen LogP) is 6.91. The summed E-state index contributed by atoms with van der Waals surface area (Å²) in [5.74, 6) is -0.471. The van der Waals surface area contributed by atoms with Crippen LogP contribution in [0.4, 0.5) is 11.4 Å². The molecule has 0 fully saturated rings. The number of fused-ring (bicyclic) bond motifs is 3. The van der Waals surface area contributed by atoms with Gasteiger partial charge in [-0.15, -0.1) is 11.3 Å². The van der Waals surface area contributed by atoms with E-state index in [-0.39, 0.29) is 17.7 Å². The van der Waals surface area contributed by atoms with Crippen LogP contribution in [0.15, 0.2) is 109 Å². The van der Waals surface area contributed by atoms with Crippen LogP contribution < -0.4 is 15.5 Å². The summed E-state index contributed by atoms with van der Waals surface area (Å²) < 4.78 is 5.04. The molecule has 4 aromatic carbocycles. The van der Waals surface area contributed by atoms with Crippen LogP contribution in [-0.4, -0.2) is 44.5 Å². The van der Waals surface area contributed by atoms with Gasteiger partial charge in [-0.05, 0) is 65.6 Å². The third kappa shape index (κ3) is 6.04. The van der Waals surface area contributed by atoms with Gasteiger partial charge in [0, 0.05) is 47.5 Å². The summed E-state index contributed by atoms with van der Waals surface area (Å²) in [5.41, 5.74) is 6.29. The van der Waals surface area contributed by atoms with Gasteiger partial charge in [-0.2, -0.15) is 0 Å². The first kappa shape index (κ1) is 29.0. The number of hydrogen-bond donors (Lipinski definition) is 2. The van der Waals surface area contributed by atoms with Crippen LogP contribution >= 0.6 is 11.3 Å². The molecule has 0 atom stereocenters. The predicted molar refractivity (Wildman–Crippen MR) is 176 cm³/mol. The standard InChI is InChI=1S/C36H31N3O4S/c1-43-22-20-37-35(41)32-23-26-19-21-39(31-14-8-7-13-30(31)33(26)44-32)36(42)25-15-17-27(18-16-25)38-34(40)29-12-6-5-11-28(29)24-9-3-2-4-10-24/h2-18,23H,19-22H2,1H3,(H,37,41)(H,38,40). The largest absolute Gasteiger partial charge is 0.383 e. The fourth-order valence-corrected chi connectivity index (χ4v) is 6.53. The molecular formula is C36H31N3O4S. The Morgan fingerprint density at radius 1 is 0.818 bits per heavy atom. The van der Waals surface area contributed by atoms with Crippen molar-refractivity contribution in [1.29, 1.82) is 0 Å². The highest BCUT2D eigenvalue weighted by atomic mass is 32.1. The number of nitrogens with one attached hydrogen (secondary N) is 2. The number of thiophene rings is 1. The summed E-state index contributed by atoms with van der Waals surface area (Å²) in [7, 11) is 1.60. The van der Waals surface area contributed by atoms with Gasteiger partial charge in [-0.25, -0.2) is 0 Å². The molecule has 0 aliphatic carbocycles. The number of amides is 3. The highest BCUT2D eigenvalue weighted by molar-refractivity contribution is 7.17. The molecule has 6 rings (SSSR count). The molecule has 220 valence electrons. The first-order chi connectivity index (χ1) is 21.5. The number of methoxy groups -OCH3 is 1. The Labute approximate surface area is 260 Å². The zero-order valence-electron chi connectivity index (χ0n) is 24.2. The minimum absolute atomic E-state index is 0.124. The third-order valence-electron chi connectivity index (χ3n) is 7.56. The summed E-state index contributed by atoms with van der Waals surface area (Å²) >= 11 is 1.44. The third-order valence-corrected chi connectivity index (χ3v) is 8.77. The number of carbonyl (C=O) groups is 3. The number of nitrogens with zero attached hydrogens (tertiary/aromatic N) is 1. The monoisotopic (exact) mass is 601 g/mol. The van der Waals surface area contributed by atoms with Crippen LogP contribution in [0.5, 0.6) is 0 Å². The number of ether oxygens (including phenoxy) is 1. The molecule has 7 nitrogen and oxygen atoms in total. The highest BCUT2D eigenvalue weighted by Gasteiger charge is 2.27. The quantitative estimate of drug-likeness (QED) is 0.189. The normalized spacial score (nSPS) is 12.1. The van der Waals surface area contributed by atoms with Crippen molar-refractivity contribution in [3.63, 3.8) is 0 Å². The van der Waals surface area contributed by atoms with E-state index in [0.717, 1.165) is 32.8 Å². The van der Waals surface area contributed by atoms with Crippen molar-refractivity contribution in [3.8, 4) is 21.6 Å². The van der Waals surface area contributed by atoms with Crippen molar-refractivity contribution in [1.82, 2.24) is 5.32 Å². The van der Waals surface area contributed by atoms with E-state index in [2.05, 4.69) is 10.6 Å². The number of carbonyl (C=O) groups excluding carboxylic acids is 3. The second kappa shape index (κ2) is 13.1. The molecule has 2 heterocycles. The van der Waals surface area contributed by atoms with Crippen molar-refractivity contribution in [2.75, 3.05) is 37.0 Å². The van der Waals surface area contributed by atoms with Crippen molar-refractivity contribution in [2.45, 2.75) is 6.42 Å². The van der Waals surface area contributed by atoms with Gasteiger partial charge in [0.2, 0.25) is 0 Å². The van der Waals surface area contributed by atoms with E-state index in [1.807, 2.05) is 84.9 Å². The number of benzene rings is 4. The molecule has 8 heteroatoms. The van der Waals surface area contributed by atoms with Crippen LogP contribution in [0.1, 0.15) is 36.0 Å². The Bertz CT molecular complexity index is 1820. The van der Waals surface area contributed by atoms with Crippen LogP contribution in [0.25, 0.3) is 21.6 Å². The summed E-state index contributed by atoms with van der Waals surface area (Å²) in [6, 6.07) is 34.0. The summed E-state index contributed by atoms with van der Waals surface area (Å²) in [6.07, 6.45) is 0.618. The molecule has 3 amide bonds. The van der Waals surface area contributed by atoms with Crippen LogP contribution in [-0.2, 0) is 11.2 Å². The Kier molecular flexibility index (Phi) is 8.63. The molecule has 1 aliphatic heterocycles. The number of hydrogen-bond acceptors (Lipinski definition) is 5. The summed E-state index contributed by atoms with van der Waals surface area (Å²) in [4.78, 5) is 43.2. The van der Waals surface area contributed by atoms with Gasteiger partial charge in [0.05, 0.1) is 17.2 Å². The topological polar surface area (TPSA) is 87.7 Å². The van der Waals surface area contributed by atoms with E-state index < -0.39 is 0 Å². The number of rotatable bonds is 8. The van der Waals surface area contributed by atoms with E-state index in [4.69, 9.17) is 4.74 Å². The molecule has 5 aromatic rings. The zero-order valence-corrected chi connectivity index (χ0v) is 25.0. The Hall–Kier alpha value is -5.05. The highest BCUT2D eigenvalue weighted by Crippen LogP contribution is 2.41. The minimum atomic E-state index is -0.220. The maximum Gasteiger partial charge on any atom is 0.261 e. The van der Waals surface area contributed by atoms with Gasteiger partial charge in [0.1, 0.15) is 0 Å². The van der Waals surface area contributed by atoms with Gasteiger partial charge in [0.25, 0.3) is 17.7 Å². The maximum absolute atomic E-state index is 13.8. The van der Waals surface area contributed by atoms with Gasteiger partial charge in [-0.1, -0.05) is 66.7 Å². The maximum atomic E-state index is 13.8. The Balaban J connectivity index is 1.20. The molecule has 0 bridgehead atoms. The molecule has 0 saturated carbocycles. The second-order valence-corrected chi connectivity index (χ2v) is 11.4. The Morgan fingerprint density at radius 2 is 1.52 bits per heavy atom. The average Bonchev–Trinajstić information content (AvgIpc) is 3.43. The minimum Gasteiger partial charge on any atom is -0.383 e. The molecule has 1 aliphatic rings. The number of para-hydroxylation sites is 1. The molecule has 0 saturated heterocycles. The molecule has 0 spiro atoms. The summed E-state index contributed by atoms with van der Waals surface area (Å²) in [5, 5.41) is 5.86. The summed E-state index contributed by atoms with van der Waals surface area (Å²) in [6.45, 7) is 1.37. The van der Waals surface area contributed by atoms with Crippen LogP contribution in [0.3, 0.4) is 0 Å². The first-order valence-corrected chi connectivity index (χ1v) is 15.2. The molecular weight excluding hydrogens is 570 g/mol. The molecule has 44 heavy (non-hydrogen) atoms.